The van der Waals surface area contributed by atoms with E-state index in [-0.39, 0.29) is 17.5 Å². The molecule has 0 atom stereocenters. The second-order valence-electron chi connectivity index (χ2n) is 6.24. The molecule has 7 nitrogen and oxygen atoms in total. The van der Waals surface area contributed by atoms with Gasteiger partial charge in [-0.2, -0.15) is 0 Å². The zero-order valence-electron chi connectivity index (χ0n) is 14.2. The maximum Gasteiger partial charge on any atom is 0.274 e. The van der Waals surface area contributed by atoms with Crippen LogP contribution in [0.5, 0.6) is 11.5 Å². The number of fused-ring (bicyclic) bond motifs is 1. The highest BCUT2D eigenvalue weighted by molar-refractivity contribution is 6.05. The van der Waals surface area contributed by atoms with Crippen LogP contribution in [-0.4, -0.2) is 48.0 Å². The van der Waals surface area contributed by atoms with Crippen molar-refractivity contribution in [3.8, 4) is 11.5 Å². The van der Waals surface area contributed by atoms with Gasteiger partial charge in [-0.25, -0.2) is 0 Å². The largest absolute Gasteiger partial charge is 0.486 e. The van der Waals surface area contributed by atoms with Crippen LogP contribution >= 0.6 is 0 Å². The van der Waals surface area contributed by atoms with E-state index in [1.165, 1.54) is 12.3 Å². The summed E-state index contributed by atoms with van der Waals surface area (Å²) in [4.78, 5) is 30.9. The highest BCUT2D eigenvalue weighted by Gasteiger charge is 2.21. The summed E-state index contributed by atoms with van der Waals surface area (Å²) in [6, 6.07) is 8.39. The third-order valence-electron chi connectivity index (χ3n) is 4.43. The SMILES string of the molecule is O=C(Nc1ccc2c(c1)OCCO2)c1cc(C(=O)N2CCCC2)ccn1. The van der Waals surface area contributed by atoms with E-state index < -0.39 is 0 Å². The van der Waals surface area contributed by atoms with Gasteiger partial charge in [0.2, 0.25) is 0 Å². The Morgan fingerprint density at radius 1 is 1.00 bits per heavy atom. The van der Waals surface area contributed by atoms with Crippen LogP contribution < -0.4 is 14.8 Å². The quantitative estimate of drug-likeness (QED) is 0.916. The lowest BCUT2D eigenvalue weighted by Crippen LogP contribution is -2.28. The summed E-state index contributed by atoms with van der Waals surface area (Å²) in [6.07, 6.45) is 3.53. The highest BCUT2D eigenvalue weighted by Crippen LogP contribution is 2.32. The lowest BCUT2D eigenvalue weighted by molar-refractivity contribution is 0.0792. The van der Waals surface area contributed by atoms with Gasteiger partial charge in [-0.15, -0.1) is 0 Å². The van der Waals surface area contributed by atoms with Gasteiger partial charge >= 0.3 is 0 Å². The van der Waals surface area contributed by atoms with Gasteiger partial charge in [0.1, 0.15) is 18.9 Å². The van der Waals surface area contributed by atoms with E-state index in [2.05, 4.69) is 10.3 Å². The zero-order chi connectivity index (χ0) is 17.9. The average molecular weight is 353 g/mol. The number of pyridine rings is 1. The molecule has 1 aromatic heterocycles. The van der Waals surface area contributed by atoms with E-state index in [4.69, 9.17) is 9.47 Å². The molecule has 0 bridgehead atoms. The second-order valence-corrected chi connectivity index (χ2v) is 6.24. The van der Waals surface area contributed by atoms with Crippen molar-refractivity contribution in [2.45, 2.75) is 12.8 Å². The van der Waals surface area contributed by atoms with Crippen LogP contribution in [0.2, 0.25) is 0 Å². The number of hydrogen-bond donors (Lipinski definition) is 1. The van der Waals surface area contributed by atoms with Crippen molar-refractivity contribution in [2.75, 3.05) is 31.6 Å². The van der Waals surface area contributed by atoms with Crippen molar-refractivity contribution in [3.05, 3.63) is 47.8 Å². The van der Waals surface area contributed by atoms with Gasteiger partial charge in [-0.1, -0.05) is 0 Å². The molecular weight excluding hydrogens is 334 g/mol. The van der Waals surface area contributed by atoms with Crippen molar-refractivity contribution in [1.82, 2.24) is 9.88 Å². The van der Waals surface area contributed by atoms with Crippen LogP contribution in [0.3, 0.4) is 0 Å². The Morgan fingerprint density at radius 2 is 1.77 bits per heavy atom. The lowest BCUT2D eigenvalue weighted by Gasteiger charge is -2.19. The number of anilines is 1. The Balaban J connectivity index is 1.49. The predicted molar refractivity (Wildman–Crippen MR) is 94.8 cm³/mol. The van der Waals surface area contributed by atoms with Gasteiger partial charge < -0.3 is 19.7 Å². The molecular formula is C19H19N3O4. The number of hydrogen-bond acceptors (Lipinski definition) is 5. The number of likely N-dealkylation sites (tertiary alicyclic amines) is 1. The molecule has 4 rings (SSSR count). The minimum Gasteiger partial charge on any atom is -0.486 e. The number of amides is 2. The maximum absolute atomic E-state index is 12.5. The standard InChI is InChI=1S/C19H19N3O4/c23-18(21-14-3-4-16-17(12-14)26-10-9-25-16)15-11-13(5-6-20-15)19(24)22-7-1-2-8-22/h3-6,11-12H,1-2,7-10H2,(H,21,23). The third-order valence-corrected chi connectivity index (χ3v) is 4.43. The number of carbonyl (C=O) groups excluding carboxylic acids is 2. The molecule has 0 unspecified atom stereocenters. The Bertz CT molecular complexity index is 846. The smallest absolute Gasteiger partial charge is 0.274 e. The first-order valence-corrected chi connectivity index (χ1v) is 8.67. The van der Waals surface area contributed by atoms with Crippen molar-refractivity contribution < 1.29 is 19.1 Å². The van der Waals surface area contributed by atoms with E-state index in [1.54, 1.807) is 29.2 Å². The molecule has 1 N–H and O–H groups in total. The molecule has 26 heavy (non-hydrogen) atoms. The molecule has 0 aliphatic carbocycles. The van der Waals surface area contributed by atoms with Gasteiger partial charge in [0.15, 0.2) is 11.5 Å². The number of ether oxygens (including phenoxy) is 2. The fourth-order valence-electron chi connectivity index (χ4n) is 3.11. The Hall–Kier alpha value is -3.09. The van der Waals surface area contributed by atoms with Crippen molar-refractivity contribution in [3.63, 3.8) is 0 Å². The molecule has 2 amide bonds. The first-order chi connectivity index (χ1) is 12.7. The Labute approximate surface area is 150 Å². The molecule has 0 saturated carbocycles. The summed E-state index contributed by atoms with van der Waals surface area (Å²) in [5, 5.41) is 2.78. The van der Waals surface area contributed by atoms with Crippen LogP contribution in [0.25, 0.3) is 0 Å². The molecule has 1 saturated heterocycles. The molecule has 7 heteroatoms. The van der Waals surface area contributed by atoms with Crippen LogP contribution in [0, 0.1) is 0 Å². The van der Waals surface area contributed by atoms with Crippen molar-refractivity contribution in [1.29, 1.82) is 0 Å². The minimum absolute atomic E-state index is 0.0571. The van der Waals surface area contributed by atoms with Crippen LogP contribution in [0.1, 0.15) is 33.7 Å². The highest BCUT2D eigenvalue weighted by atomic mass is 16.6. The van der Waals surface area contributed by atoms with Gasteiger partial charge in [-0.3, -0.25) is 14.6 Å². The predicted octanol–water partition coefficient (Wildman–Crippen LogP) is 2.34. The van der Waals surface area contributed by atoms with E-state index in [9.17, 15) is 9.59 Å². The van der Waals surface area contributed by atoms with Crippen LogP contribution in [-0.2, 0) is 0 Å². The number of aromatic nitrogens is 1. The number of nitrogens with one attached hydrogen (secondary N) is 1. The van der Waals surface area contributed by atoms with Gasteiger partial charge in [0.25, 0.3) is 11.8 Å². The molecule has 2 aliphatic heterocycles. The molecule has 2 aromatic rings. The van der Waals surface area contributed by atoms with Crippen molar-refractivity contribution >= 4 is 17.5 Å². The Morgan fingerprint density at radius 3 is 2.58 bits per heavy atom. The number of carbonyl (C=O) groups is 2. The summed E-state index contributed by atoms with van der Waals surface area (Å²) in [5.41, 5.74) is 1.26. The lowest BCUT2D eigenvalue weighted by atomic mass is 10.2. The van der Waals surface area contributed by atoms with Crippen molar-refractivity contribution in [2.24, 2.45) is 0 Å². The molecule has 2 aliphatic rings. The fourth-order valence-corrected chi connectivity index (χ4v) is 3.11. The first kappa shape index (κ1) is 16.4. The molecule has 3 heterocycles. The Kier molecular flexibility index (Phi) is 4.43. The summed E-state index contributed by atoms with van der Waals surface area (Å²) in [5.74, 6) is 0.821. The molecule has 0 spiro atoms. The van der Waals surface area contributed by atoms with Gasteiger partial charge in [0.05, 0.1) is 0 Å². The number of rotatable bonds is 3. The monoisotopic (exact) mass is 353 g/mol. The van der Waals surface area contributed by atoms with E-state index in [1.807, 2.05) is 0 Å². The van der Waals surface area contributed by atoms with Crippen LogP contribution in [0.15, 0.2) is 36.5 Å². The average Bonchev–Trinajstić information content (AvgIpc) is 3.22. The number of benzene rings is 1. The van der Waals surface area contributed by atoms with E-state index in [0.717, 1.165) is 25.9 Å². The molecule has 134 valence electrons. The summed E-state index contributed by atoms with van der Waals surface area (Å²) >= 11 is 0. The number of nitrogens with zero attached hydrogens (tertiary/aromatic N) is 2. The molecule has 0 radical (unpaired) electrons. The van der Waals surface area contributed by atoms with Gasteiger partial charge in [0, 0.05) is 36.6 Å². The molecule has 1 aromatic carbocycles. The van der Waals surface area contributed by atoms with Crippen LogP contribution in [0.4, 0.5) is 5.69 Å². The topological polar surface area (TPSA) is 80.8 Å². The van der Waals surface area contributed by atoms with E-state index in [0.29, 0.717) is 36.0 Å². The summed E-state index contributed by atoms with van der Waals surface area (Å²) < 4.78 is 11.0. The fraction of sp³-hybridized carbons (Fsp3) is 0.316. The minimum atomic E-state index is -0.377. The van der Waals surface area contributed by atoms with E-state index >= 15 is 0 Å². The third kappa shape index (κ3) is 3.33. The van der Waals surface area contributed by atoms with Gasteiger partial charge in [-0.05, 0) is 37.1 Å². The summed E-state index contributed by atoms with van der Waals surface area (Å²) in [6.45, 7) is 2.52. The molecule has 1 fully saturated rings. The maximum atomic E-state index is 12.5. The second kappa shape index (κ2) is 7.03. The zero-order valence-corrected chi connectivity index (χ0v) is 14.2. The normalized spacial score (nSPS) is 15.6. The first-order valence-electron chi connectivity index (χ1n) is 8.67. The summed E-state index contributed by atoms with van der Waals surface area (Å²) in [7, 11) is 0.